The Hall–Kier alpha value is -2.92. The van der Waals surface area contributed by atoms with Crippen LogP contribution in [0.2, 0.25) is 10.0 Å². The number of carbonyl (C=O) groups excluding carboxylic acids is 1. The molecule has 39 heavy (non-hydrogen) atoms. The first-order chi connectivity index (χ1) is 18.1. The Labute approximate surface area is 234 Å². The van der Waals surface area contributed by atoms with Gasteiger partial charge in [-0.3, -0.25) is 3.97 Å². The van der Waals surface area contributed by atoms with Crippen LogP contribution in [0.4, 0.5) is 13.2 Å². The highest BCUT2D eigenvalue weighted by Crippen LogP contribution is 2.40. The number of hydrogen-bond donors (Lipinski definition) is 1. The maximum atomic E-state index is 14.0. The minimum atomic E-state index is -4.73. The number of ether oxygens (including phenoxy) is 1. The lowest BCUT2D eigenvalue weighted by Gasteiger charge is -2.21. The Kier molecular flexibility index (Phi) is 7.88. The number of halogens is 5. The average molecular weight is 599 g/mol. The molecule has 206 valence electrons. The van der Waals surface area contributed by atoms with Crippen molar-refractivity contribution in [3.8, 4) is 0 Å². The van der Waals surface area contributed by atoms with Gasteiger partial charge in [-0.2, -0.15) is 13.2 Å². The molecule has 2 heterocycles. The van der Waals surface area contributed by atoms with Gasteiger partial charge in [-0.1, -0.05) is 56.1 Å². The molecule has 0 bridgehead atoms. The van der Waals surface area contributed by atoms with Crippen molar-refractivity contribution < 1.29 is 32.0 Å². The van der Waals surface area contributed by atoms with Crippen LogP contribution in [0, 0.1) is 0 Å². The third kappa shape index (κ3) is 5.56. The second-order valence-electron chi connectivity index (χ2n) is 9.71. The maximum Gasteiger partial charge on any atom is 0.433 e. The van der Waals surface area contributed by atoms with Crippen LogP contribution in [0.25, 0.3) is 11.0 Å². The number of alkyl halides is 3. The molecule has 4 rings (SSSR count). The Morgan fingerprint density at radius 3 is 2.38 bits per heavy atom. The molecule has 2 unspecified atom stereocenters. The highest BCUT2D eigenvalue weighted by atomic mass is 35.5. The lowest BCUT2D eigenvalue weighted by molar-refractivity contribution is -0.140. The number of esters is 1. The maximum absolute atomic E-state index is 14.0. The number of fused-ring (bicyclic) bond motifs is 1. The molecule has 12 heteroatoms. The molecule has 0 aliphatic carbocycles. The summed E-state index contributed by atoms with van der Waals surface area (Å²) in [7, 11) is -0.888. The van der Waals surface area contributed by atoms with Crippen molar-refractivity contribution in [3.63, 3.8) is 0 Å². The molecule has 0 aliphatic heterocycles. The Morgan fingerprint density at radius 2 is 1.77 bits per heavy atom. The molecule has 1 N–H and O–H groups in total. The van der Waals surface area contributed by atoms with Crippen molar-refractivity contribution in [1.82, 2.24) is 8.96 Å². The zero-order valence-corrected chi connectivity index (χ0v) is 23.5. The van der Waals surface area contributed by atoms with E-state index in [1.807, 2.05) is 26.8 Å². The van der Waals surface area contributed by atoms with Crippen LogP contribution in [0.1, 0.15) is 59.7 Å². The number of aromatic nitrogens is 2. The monoisotopic (exact) mass is 598 g/mol. The van der Waals surface area contributed by atoms with E-state index in [0.29, 0.717) is 4.90 Å². The Morgan fingerprint density at radius 1 is 1.08 bits per heavy atom. The first-order valence-corrected chi connectivity index (χ1v) is 13.4. The normalized spacial score (nSPS) is 13.9. The molecule has 2 aromatic carbocycles. The third-order valence-electron chi connectivity index (χ3n) is 6.08. The number of rotatable bonds is 5. The number of aliphatic hydroxyl groups excluding tert-OH is 1. The van der Waals surface area contributed by atoms with E-state index in [1.54, 1.807) is 18.2 Å². The zero-order valence-electron chi connectivity index (χ0n) is 21.1. The highest BCUT2D eigenvalue weighted by molar-refractivity contribution is 7.83. The number of hydrogen-bond acceptors (Lipinski definition) is 5. The van der Waals surface area contributed by atoms with E-state index in [4.69, 9.17) is 27.9 Å². The summed E-state index contributed by atoms with van der Waals surface area (Å²) in [6.07, 6.45) is -6.43. The van der Waals surface area contributed by atoms with Crippen molar-refractivity contribution >= 4 is 51.2 Å². The van der Waals surface area contributed by atoms with Crippen molar-refractivity contribution in [2.45, 2.75) is 43.4 Å². The first kappa shape index (κ1) is 29.1. The van der Waals surface area contributed by atoms with Crippen LogP contribution in [0.5, 0.6) is 0 Å². The number of carbonyl (C=O) groups is 1. The summed E-state index contributed by atoms with van der Waals surface area (Å²) in [6.45, 7) is 5.95. The topological polar surface area (TPSA) is 81.4 Å². The Balaban J connectivity index is 1.98. The number of pyridine rings is 1. The lowest BCUT2D eigenvalue weighted by Crippen LogP contribution is -2.16. The largest absolute Gasteiger partial charge is 0.465 e. The first-order valence-electron chi connectivity index (χ1n) is 11.5. The number of benzene rings is 2. The second-order valence-corrected chi connectivity index (χ2v) is 11.8. The molecule has 0 saturated carbocycles. The molecule has 2 atom stereocenters. The van der Waals surface area contributed by atoms with Crippen molar-refractivity contribution in [2.24, 2.45) is 0 Å². The summed E-state index contributed by atoms with van der Waals surface area (Å²) in [6, 6.07) is 12.7. The van der Waals surface area contributed by atoms with Crippen molar-refractivity contribution in [1.29, 1.82) is 0 Å². The SMILES string of the molecule is COC(=O)c1ccc(Cl)c(C(O)c2cc3nc(C(F)(F)F)ccc3n2S(=O)c2cccc(C(C)(C)C)c2)c1Cl. The van der Waals surface area contributed by atoms with Crippen molar-refractivity contribution in [3.05, 3.63) is 92.7 Å². The number of aliphatic hydroxyl groups is 1. The predicted molar refractivity (Wildman–Crippen MR) is 144 cm³/mol. The van der Waals surface area contributed by atoms with Crippen LogP contribution < -0.4 is 0 Å². The van der Waals surface area contributed by atoms with Gasteiger partial charge in [-0.25, -0.2) is 14.0 Å². The second kappa shape index (κ2) is 10.6. The van der Waals surface area contributed by atoms with E-state index in [-0.39, 0.29) is 43.3 Å². The van der Waals surface area contributed by atoms with Crippen molar-refractivity contribution in [2.75, 3.05) is 7.11 Å². The van der Waals surface area contributed by atoms with Crippen LogP contribution >= 0.6 is 23.2 Å². The molecule has 0 amide bonds. The molecular weight excluding hydrogens is 576 g/mol. The van der Waals surface area contributed by atoms with Gasteiger partial charge in [0.15, 0.2) is 11.0 Å². The van der Waals surface area contributed by atoms with E-state index in [9.17, 15) is 27.3 Å². The van der Waals surface area contributed by atoms with Crippen LogP contribution in [0.3, 0.4) is 0 Å². The van der Waals surface area contributed by atoms with Gasteiger partial charge >= 0.3 is 12.1 Å². The molecule has 2 aromatic heterocycles. The number of nitrogens with zero attached hydrogens (tertiary/aromatic N) is 2. The van der Waals surface area contributed by atoms with Gasteiger partial charge < -0.3 is 9.84 Å². The zero-order chi connectivity index (χ0) is 28.9. The van der Waals surface area contributed by atoms with Crippen LogP contribution in [-0.2, 0) is 27.3 Å². The van der Waals surface area contributed by atoms with Gasteiger partial charge in [0.1, 0.15) is 11.8 Å². The van der Waals surface area contributed by atoms with Gasteiger partial charge in [0.05, 0.1) is 39.3 Å². The molecule has 6 nitrogen and oxygen atoms in total. The summed E-state index contributed by atoms with van der Waals surface area (Å²) in [5.74, 6) is -0.787. The fraction of sp³-hybridized carbons (Fsp3) is 0.259. The van der Waals surface area contributed by atoms with E-state index < -0.39 is 34.9 Å². The summed E-state index contributed by atoms with van der Waals surface area (Å²) >= 11 is 12.8. The summed E-state index contributed by atoms with van der Waals surface area (Å²) in [4.78, 5) is 16.3. The van der Waals surface area contributed by atoms with E-state index >= 15 is 0 Å². The molecule has 4 aromatic rings. The molecule has 0 aliphatic rings. The van der Waals surface area contributed by atoms with Crippen LogP contribution in [-0.4, -0.2) is 31.4 Å². The fourth-order valence-electron chi connectivity index (χ4n) is 4.03. The van der Waals surface area contributed by atoms with Gasteiger partial charge in [-0.05, 0) is 53.4 Å². The lowest BCUT2D eigenvalue weighted by atomic mass is 9.87. The predicted octanol–water partition coefficient (Wildman–Crippen LogP) is 7.10. The van der Waals surface area contributed by atoms with E-state index in [1.165, 1.54) is 22.2 Å². The standard InChI is InChI=1S/C27H23Cl2F3N2O4S/c1-26(2,3)14-6-5-7-15(12-14)39(37)34-19-10-11-21(27(30,31)32)33-18(19)13-20(34)24(35)22-17(28)9-8-16(23(22)29)25(36)38-4/h5-13,24,35H,1-4H3. The molecular formula is C27H23Cl2F3N2O4S. The fourth-order valence-corrected chi connectivity index (χ4v) is 5.99. The van der Waals surface area contributed by atoms with Gasteiger partial charge in [-0.15, -0.1) is 0 Å². The van der Waals surface area contributed by atoms with Crippen LogP contribution in [0.15, 0.2) is 59.5 Å². The molecule has 0 spiro atoms. The van der Waals surface area contributed by atoms with Gasteiger partial charge in [0.25, 0.3) is 0 Å². The van der Waals surface area contributed by atoms with Gasteiger partial charge in [0.2, 0.25) is 0 Å². The minimum absolute atomic E-state index is 0.0265. The third-order valence-corrected chi connectivity index (χ3v) is 8.22. The smallest absolute Gasteiger partial charge is 0.433 e. The van der Waals surface area contributed by atoms with E-state index in [2.05, 4.69) is 4.98 Å². The Bertz CT molecular complexity index is 1610. The average Bonchev–Trinajstić information content (AvgIpc) is 3.26. The number of methoxy groups -OCH3 is 1. The minimum Gasteiger partial charge on any atom is -0.465 e. The van der Waals surface area contributed by atoms with Gasteiger partial charge in [0, 0.05) is 10.6 Å². The molecule has 0 fully saturated rings. The highest BCUT2D eigenvalue weighted by Gasteiger charge is 2.34. The summed E-state index contributed by atoms with van der Waals surface area (Å²) in [5.41, 5.74) is -0.928. The summed E-state index contributed by atoms with van der Waals surface area (Å²) < 4.78 is 60.2. The quantitative estimate of drug-likeness (QED) is 0.248. The molecule has 0 saturated heterocycles. The summed E-state index contributed by atoms with van der Waals surface area (Å²) in [5, 5.41) is 11.3. The van der Waals surface area contributed by atoms with E-state index in [0.717, 1.165) is 24.8 Å². The molecule has 0 radical (unpaired) electrons.